The number of hydrogen-bond donors (Lipinski definition) is 0. The Balaban J connectivity index is 2.00. The minimum Gasteiger partial charge on any atom is -0.458 e. The lowest BCUT2D eigenvalue weighted by molar-refractivity contribution is 0.0995. The van der Waals surface area contributed by atoms with Crippen LogP contribution < -0.4 is 4.74 Å². The molecule has 0 N–H and O–H groups in total. The molecular formula is C18H17ClN2O2. The quantitative estimate of drug-likeness (QED) is 0.322. The molecule has 0 bridgehead atoms. The number of para-hydroxylation sites is 1. The maximum atomic E-state index is 12.1. The van der Waals surface area contributed by atoms with E-state index >= 15 is 0 Å². The molecular weight excluding hydrogens is 312 g/mol. The number of ketones is 1. The van der Waals surface area contributed by atoms with Gasteiger partial charge in [0.15, 0.2) is 5.78 Å². The first-order valence-electron chi connectivity index (χ1n) is 7.29. The van der Waals surface area contributed by atoms with Gasteiger partial charge in [-0.25, -0.2) is 9.97 Å². The molecule has 1 aromatic heterocycles. The minimum atomic E-state index is -0.137. The normalized spacial score (nSPS) is 11.7. The highest BCUT2D eigenvalue weighted by Gasteiger charge is 2.09. The van der Waals surface area contributed by atoms with Crippen LogP contribution in [-0.2, 0) is 0 Å². The van der Waals surface area contributed by atoms with E-state index in [-0.39, 0.29) is 17.4 Å². The zero-order valence-electron chi connectivity index (χ0n) is 12.8. The highest BCUT2D eigenvalue weighted by atomic mass is 35.5. The lowest BCUT2D eigenvalue weighted by Gasteiger charge is -2.06. The van der Waals surface area contributed by atoms with E-state index in [4.69, 9.17) is 16.3 Å². The molecule has 2 aromatic rings. The fourth-order valence-corrected chi connectivity index (χ4v) is 2.06. The first-order valence-corrected chi connectivity index (χ1v) is 7.66. The number of ether oxygens (including phenoxy) is 1. The zero-order chi connectivity index (χ0) is 16.5. The molecule has 0 aliphatic heterocycles. The van der Waals surface area contributed by atoms with Gasteiger partial charge in [0.1, 0.15) is 23.0 Å². The van der Waals surface area contributed by atoms with E-state index in [1.54, 1.807) is 12.2 Å². The number of rotatable bonds is 7. The molecule has 1 aromatic carbocycles. The average Bonchev–Trinajstić information content (AvgIpc) is 2.56. The SMILES string of the molecule is CC/C=C(\C=C/CC(=O)c1cncnc1Cl)Oc1ccccc1. The average molecular weight is 329 g/mol. The lowest BCUT2D eigenvalue weighted by Crippen LogP contribution is -2.01. The standard InChI is InChI=1S/C18H17ClN2O2/c1-2-7-14(23-15-8-4-3-5-9-15)10-6-11-17(22)16-12-20-13-21-18(16)19/h3-10,12-13H,2,11H2,1H3/b10-6-,14-7+. The topological polar surface area (TPSA) is 52.1 Å². The van der Waals surface area contributed by atoms with E-state index in [9.17, 15) is 4.79 Å². The molecule has 118 valence electrons. The van der Waals surface area contributed by atoms with Gasteiger partial charge in [0.25, 0.3) is 0 Å². The van der Waals surface area contributed by atoms with Gasteiger partial charge >= 0.3 is 0 Å². The van der Waals surface area contributed by atoms with Gasteiger partial charge in [0, 0.05) is 12.6 Å². The van der Waals surface area contributed by atoms with Crippen molar-refractivity contribution in [3.63, 3.8) is 0 Å². The van der Waals surface area contributed by atoms with Gasteiger partial charge in [-0.3, -0.25) is 4.79 Å². The van der Waals surface area contributed by atoms with Gasteiger partial charge in [-0.2, -0.15) is 0 Å². The van der Waals surface area contributed by atoms with Crippen molar-refractivity contribution in [3.05, 3.63) is 77.6 Å². The molecule has 2 rings (SSSR count). The van der Waals surface area contributed by atoms with Gasteiger partial charge in [0.05, 0.1) is 5.56 Å². The molecule has 0 saturated heterocycles. The fraction of sp³-hybridized carbons (Fsp3) is 0.167. The minimum absolute atomic E-state index is 0.137. The van der Waals surface area contributed by atoms with Crippen molar-refractivity contribution in [2.75, 3.05) is 0 Å². The Bertz CT molecular complexity index is 712. The predicted octanol–water partition coefficient (Wildman–Crippen LogP) is 4.63. The van der Waals surface area contributed by atoms with E-state index < -0.39 is 0 Å². The van der Waals surface area contributed by atoms with Crippen LogP contribution in [0.3, 0.4) is 0 Å². The summed E-state index contributed by atoms with van der Waals surface area (Å²) >= 11 is 5.89. The number of hydrogen-bond acceptors (Lipinski definition) is 4. The van der Waals surface area contributed by atoms with Gasteiger partial charge in [0.2, 0.25) is 0 Å². The van der Waals surface area contributed by atoms with E-state index in [1.165, 1.54) is 12.5 Å². The third-order valence-electron chi connectivity index (χ3n) is 2.93. The monoisotopic (exact) mass is 328 g/mol. The lowest BCUT2D eigenvalue weighted by atomic mass is 10.1. The molecule has 0 amide bonds. The molecule has 0 saturated carbocycles. The number of allylic oxidation sites excluding steroid dienone is 3. The largest absolute Gasteiger partial charge is 0.458 e. The second kappa shape index (κ2) is 8.86. The van der Waals surface area contributed by atoms with E-state index in [1.807, 2.05) is 43.3 Å². The first-order chi connectivity index (χ1) is 11.2. The van der Waals surface area contributed by atoms with E-state index in [2.05, 4.69) is 9.97 Å². The highest BCUT2D eigenvalue weighted by molar-refractivity contribution is 6.32. The summed E-state index contributed by atoms with van der Waals surface area (Å²) in [5.41, 5.74) is 0.323. The molecule has 5 heteroatoms. The summed E-state index contributed by atoms with van der Waals surface area (Å²) in [6.07, 6.45) is 9.25. The third-order valence-corrected chi connectivity index (χ3v) is 3.23. The molecule has 4 nitrogen and oxygen atoms in total. The third kappa shape index (κ3) is 5.34. The van der Waals surface area contributed by atoms with Crippen LogP contribution in [0.1, 0.15) is 30.1 Å². The van der Waals surface area contributed by atoms with Crippen molar-refractivity contribution in [1.82, 2.24) is 9.97 Å². The van der Waals surface area contributed by atoms with E-state index in [0.29, 0.717) is 11.3 Å². The molecule has 0 unspecified atom stereocenters. The Kier molecular flexibility index (Phi) is 6.51. The molecule has 0 fully saturated rings. The van der Waals surface area contributed by atoms with Crippen LogP contribution in [0, 0.1) is 0 Å². The van der Waals surface area contributed by atoms with Crippen molar-refractivity contribution in [2.24, 2.45) is 0 Å². The smallest absolute Gasteiger partial charge is 0.171 e. The number of Topliss-reactive ketones (excluding diaryl/α,β-unsaturated/α-hetero) is 1. The predicted molar refractivity (Wildman–Crippen MR) is 90.6 cm³/mol. The van der Waals surface area contributed by atoms with Crippen LogP contribution in [0.2, 0.25) is 5.15 Å². The summed E-state index contributed by atoms with van der Waals surface area (Å²) < 4.78 is 5.78. The molecule has 0 aliphatic carbocycles. The summed E-state index contributed by atoms with van der Waals surface area (Å²) in [5, 5.41) is 0.170. The molecule has 23 heavy (non-hydrogen) atoms. The summed E-state index contributed by atoms with van der Waals surface area (Å²) in [6, 6.07) is 9.50. The highest BCUT2D eigenvalue weighted by Crippen LogP contribution is 2.16. The van der Waals surface area contributed by atoms with Crippen molar-refractivity contribution >= 4 is 17.4 Å². The Hall–Kier alpha value is -2.46. The van der Waals surface area contributed by atoms with E-state index in [0.717, 1.165) is 12.2 Å². The van der Waals surface area contributed by atoms with Gasteiger partial charge in [-0.15, -0.1) is 0 Å². The van der Waals surface area contributed by atoms with Crippen molar-refractivity contribution in [1.29, 1.82) is 0 Å². The van der Waals surface area contributed by atoms with Crippen molar-refractivity contribution in [3.8, 4) is 5.75 Å². The summed E-state index contributed by atoms with van der Waals surface area (Å²) in [4.78, 5) is 19.7. The summed E-state index contributed by atoms with van der Waals surface area (Å²) in [6.45, 7) is 2.02. The number of aromatic nitrogens is 2. The number of carbonyl (C=O) groups is 1. The molecule has 1 heterocycles. The van der Waals surface area contributed by atoms with Crippen LogP contribution in [0.4, 0.5) is 0 Å². The number of benzene rings is 1. The van der Waals surface area contributed by atoms with Crippen LogP contribution in [-0.4, -0.2) is 15.8 Å². The fourth-order valence-electron chi connectivity index (χ4n) is 1.86. The zero-order valence-corrected chi connectivity index (χ0v) is 13.5. The Morgan fingerprint density at radius 1 is 1.30 bits per heavy atom. The van der Waals surface area contributed by atoms with Crippen molar-refractivity contribution in [2.45, 2.75) is 19.8 Å². The summed E-state index contributed by atoms with van der Waals surface area (Å²) in [5.74, 6) is 1.31. The molecule has 0 aliphatic rings. The number of carbonyl (C=O) groups excluding carboxylic acids is 1. The van der Waals surface area contributed by atoms with Gasteiger partial charge in [-0.1, -0.05) is 42.8 Å². The van der Waals surface area contributed by atoms with Crippen LogP contribution >= 0.6 is 11.6 Å². The maximum absolute atomic E-state index is 12.1. The van der Waals surface area contributed by atoms with Gasteiger partial charge < -0.3 is 4.74 Å². The summed E-state index contributed by atoms with van der Waals surface area (Å²) in [7, 11) is 0. The molecule has 0 atom stereocenters. The Morgan fingerprint density at radius 2 is 2.09 bits per heavy atom. The second-order valence-corrected chi connectivity index (χ2v) is 5.04. The van der Waals surface area contributed by atoms with Crippen LogP contribution in [0.25, 0.3) is 0 Å². The maximum Gasteiger partial charge on any atom is 0.171 e. The Morgan fingerprint density at radius 3 is 2.78 bits per heavy atom. The van der Waals surface area contributed by atoms with Crippen molar-refractivity contribution < 1.29 is 9.53 Å². The molecule has 0 spiro atoms. The van der Waals surface area contributed by atoms with Gasteiger partial charge in [-0.05, 0) is 30.7 Å². The van der Waals surface area contributed by atoms with Crippen LogP contribution in [0.15, 0.2) is 66.8 Å². The Labute approximate surface area is 140 Å². The van der Waals surface area contributed by atoms with Crippen LogP contribution in [0.5, 0.6) is 5.75 Å². The molecule has 0 radical (unpaired) electrons. The number of nitrogens with zero attached hydrogens (tertiary/aromatic N) is 2. The number of halogens is 1. The second-order valence-electron chi connectivity index (χ2n) is 4.69. The first kappa shape index (κ1) is 16.9.